The van der Waals surface area contributed by atoms with Gasteiger partial charge in [0.15, 0.2) is 9.84 Å². The molecule has 0 saturated carbocycles. The molecule has 0 atom stereocenters. The fourth-order valence-corrected chi connectivity index (χ4v) is 3.93. The monoisotopic (exact) mass is 439 g/mol. The number of anilines is 1. The van der Waals surface area contributed by atoms with E-state index < -0.39 is 15.7 Å². The van der Waals surface area contributed by atoms with Crippen LogP contribution in [-0.2, 0) is 14.6 Å². The lowest BCUT2D eigenvalue weighted by Crippen LogP contribution is -2.17. The summed E-state index contributed by atoms with van der Waals surface area (Å²) in [7, 11) is -3.57. The molecule has 0 fully saturated rings. The fourth-order valence-electron chi connectivity index (χ4n) is 2.32. The molecule has 2 aromatic carbocycles. The maximum absolute atomic E-state index is 12.3. The SMILES string of the molecule is Cc1ccc(S(=O)(=O)CCC(=O)Nc2nnc(-c3cc(Cl)ccc3Cl)o2)cc1. The summed E-state index contributed by atoms with van der Waals surface area (Å²) in [6.07, 6.45) is -0.258. The number of hydrogen-bond acceptors (Lipinski definition) is 6. The summed E-state index contributed by atoms with van der Waals surface area (Å²) < 4.78 is 30.0. The standard InChI is InChI=1S/C18H15Cl2N3O4S/c1-11-2-5-13(6-3-11)28(25,26)9-8-16(24)21-18-23-22-17(27-18)14-10-12(19)4-7-15(14)20/h2-7,10H,8-9H2,1H3,(H,21,23,24). The molecule has 1 aromatic heterocycles. The third-order valence-corrected chi connectivity index (χ3v) is 6.10. The van der Waals surface area contributed by atoms with Crippen LogP contribution in [0.3, 0.4) is 0 Å². The fraction of sp³-hybridized carbons (Fsp3) is 0.167. The number of nitrogens with one attached hydrogen (secondary N) is 1. The van der Waals surface area contributed by atoms with E-state index in [4.69, 9.17) is 27.6 Å². The lowest BCUT2D eigenvalue weighted by molar-refractivity contribution is -0.115. The van der Waals surface area contributed by atoms with Crippen molar-refractivity contribution in [1.29, 1.82) is 0 Å². The molecule has 7 nitrogen and oxygen atoms in total. The summed E-state index contributed by atoms with van der Waals surface area (Å²) in [6.45, 7) is 1.86. The second-order valence-electron chi connectivity index (χ2n) is 5.97. The van der Waals surface area contributed by atoms with E-state index in [9.17, 15) is 13.2 Å². The zero-order chi connectivity index (χ0) is 20.3. The third-order valence-electron chi connectivity index (χ3n) is 3.81. The number of aromatic nitrogens is 2. The molecule has 0 aliphatic rings. The van der Waals surface area contributed by atoms with Crippen molar-refractivity contribution < 1.29 is 17.6 Å². The lowest BCUT2D eigenvalue weighted by atomic mass is 10.2. The van der Waals surface area contributed by atoms with Crippen LogP contribution in [0.2, 0.25) is 10.0 Å². The van der Waals surface area contributed by atoms with Crippen LogP contribution in [0.25, 0.3) is 11.5 Å². The summed E-state index contributed by atoms with van der Waals surface area (Å²) in [5, 5.41) is 10.7. The van der Waals surface area contributed by atoms with E-state index in [0.29, 0.717) is 15.6 Å². The highest BCUT2D eigenvalue weighted by Gasteiger charge is 2.18. The summed E-state index contributed by atoms with van der Waals surface area (Å²) in [5.41, 5.74) is 1.37. The minimum absolute atomic E-state index is 0.0788. The highest BCUT2D eigenvalue weighted by Crippen LogP contribution is 2.30. The molecule has 0 aliphatic carbocycles. The molecule has 0 aliphatic heterocycles. The Balaban J connectivity index is 1.63. The van der Waals surface area contributed by atoms with Crippen LogP contribution in [0, 0.1) is 6.92 Å². The minimum Gasteiger partial charge on any atom is -0.403 e. The predicted molar refractivity (Wildman–Crippen MR) is 106 cm³/mol. The van der Waals surface area contributed by atoms with Crippen molar-refractivity contribution in [2.75, 3.05) is 11.1 Å². The second kappa shape index (κ2) is 8.30. The van der Waals surface area contributed by atoms with E-state index >= 15 is 0 Å². The number of carbonyl (C=O) groups excluding carboxylic acids is 1. The third kappa shape index (κ3) is 4.89. The van der Waals surface area contributed by atoms with Crippen molar-refractivity contribution in [1.82, 2.24) is 10.2 Å². The van der Waals surface area contributed by atoms with E-state index in [1.165, 1.54) is 12.1 Å². The van der Waals surface area contributed by atoms with Crippen LogP contribution in [0.5, 0.6) is 0 Å². The highest BCUT2D eigenvalue weighted by atomic mass is 35.5. The average Bonchev–Trinajstić information content (AvgIpc) is 3.11. The topological polar surface area (TPSA) is 102 Å². The zero-order valence-electron chi connectivity index (χ0n) is 14.6. The van der Waals surface area contributed by atoms with Crippen molar-refractivity contribution in [3.8, 4) is 11.5 Å². The lowest BCUT2D eigenvalue weighted by Gasteiger charge is -2.04. The summed E-state index contributed by atoms with van der Waals surface area (Å²) >= 11 is 12.0. The number of nitrogens with zero attached hydrogens (tertiary/aromatic N) is 2. The number of rotatable bonds is 6. The Morgan fingerprint density at radius 1 is 1.11 bits per heavy atom. The van der Waals surface area contributed by atoms with Crippen LogP contribution < -0.4 is 5.32 Å². The largest absolute Gasteiger partial charge is 0.403 e. The van der Waals surface area contributed by atoms with Gasteiger partial charge in [0.2, 0.25) is 5.91 Å². The van der Waals surface area contributed by atoms with Gasteiger partial charge in [0.05, 0.1) is 21.2 Å². The predicted octanol–water partition coefficient (Wildman–Crippen LogP) is 4.15. The van der Waals surface area contributed by atoms with Gasteiger partial charge in [-0.2, -0.15) is 0 Å². The Labute approximate surface area is 171 Å². The summed E-state index contributed by atoms with van der Waals surface area (Å²) in [5.74, 6) is -0.832. The molecule has 0 bridgehead atoms. The van der Waals surface area contributed by atoms with Gasteiger partial charge in [-0.3, -0.25) is 10.1 Å². The van der Waals surface area contributed by atoms with Crippen molar-refractivity contribution in [3.63, 3.8) is 0 Å². The number of hydrogen-bond donors (Lipinski definition) is 1. The van der Waals surface area contributed by atoms with E-state index in [1.54, 1.807) is 30.3 Å². The average molecular weight is 440 g/mol. The Morgan fingerprint density at radius 2 is 1.82 bits per heavy atom. The smallest absolute Gasteiger partial charge is 0.322 e. The van der Waals surface area contributed by atoms with Gasteiger partial charge in [0.1, 0.15) is 0 Å². The van der Waals surface area contributed by atoms with Gasteiger partial charge in [0, 0.05) is 11.4 Å². The minimum atomic E-state index is -3.57. The van der Waals surface area contributed by atoms with Gasteiger partial charge in [-0.1, -0.05) is 46.0 Å². The van der Waals surface area contributed by atoms with Crippen LogP contribution in [0.1, 0.15) is 12.0 Å². The Hall–Kier alpha value is -2.42. The van der Waals surface area contributed by atoms with Gasteiger partial charge < -0.3 is 4.42 Å². The van der Waals surface area contributed by atoms with Crippen LogP contribution >= 0.6 is 23.2 Å². The molecular weight excluding hydrogens is 425 g/mol. The number of amides is 1. The number of sulfone groups is 1. The quantitative estimate of drug-likeness (QED) is 0.618. The van der Waals surface area contributed by atoms with E-state index in [0.717, 1.165) is 5.56 Å². The number of aryl methyl sites for hydroxylation is 1. The number of benzene rings is 2. The molecule has 1 heterocycles. The van der Waals surface area contributed by atoms with Gasteiger partial charge >= 0.3 is 6.01 Å². The number of halogens is 2. The molecule has 0 spiro atoms. The van der Waals surface area contributed by atoms with Crippen LogP contribution in [0.15, 0.2) is 51.8 Å². The van der Waals surface area contributed by atoms with E-state index in [1.807, 2.05) is 6.92 Å². The maximum atomic E-state index is 12.3. The molecule has 1 amide bonds. The molecule has 10 heteroatoms. The molecule has 3 rings (SSSR count). The summed E-state index contributed by atoms with van der Waals surface area (Å²) in [4.78, 5) is 12.2. The first-order valence-corrected chi connectivity index (χ1v) is 10.5. The van der Waals surface area contributed by atoms with Gasteiger partial charge in [-0.25, -0.2) is 8.42 Å². The molecule has 28 heavy (non-hydrogen) atoms. The number of carbonyl (C=O) groups is 1. The van der Waals surface area contributed by atoms with Gasteiger partial charge in [-0.15, -0.1) is 5.10 Å². The van der Waals surface area contributed by atoms with Crippen LogP contribution in [0.4, 0.5) is 6.01 Å². The van der Waals surface area contributed by atoms with Crippen molar-refractivity contribution in [3.05, 3.63) is 58.1 Å². The van der Waals surface area contributed by atoms with Gasteiger partial charge in [0.25, 0.3) is 5.89 Å². The molecule has 0 radical (unpaired) electrons. The molecule has 3 aromatic rings. The normalized spacial score (nSPS) is 11.4. The van der Waals surface area contributed by atoms with Gasteiger partial charge in [-0.05, 0) is 37.3 Å². The molecular formula is C18H15Cl2N3O4S. The first-order chi connectivity index (χ1) is 13.2. The molecule has 0 unspecified atom stereocenters. The highest BCUT2D eigenvalue weighted by molar-refractivity contribution is 7.91. The Morgan fingerprint density at radius 3 is 2.54 bits per heavy atom. The molecule has 0 saturated heterocycles. The van der Waals surface area contributed by atoms with Crippen molar-refractivity contribution >= 4 is 45.0 Å². The van der Waals surface area contributed by atoms with Crippen LogP contribution in [-0.4, -0.2) is 30.3 Å². The maximum Gasteiger partial charge on any atom is 0.322 e. The van der Waals surface area contributed by atoms with E-state index in [-0.39, 0.29) is 29.0 Å². The zero-order valence-corrected chi connectivity index (χ0v) is 17.0. The first kappa shape index (κ1) is 20.3. The molecule has 1 N–H and O–H groups in total. The van der Waals surface area contributed by atoms with Crippen molar-refractivity contribution in [2.45, 2.75) is 18.2 Å². The molecule has 146 valence electrons. The first-order valence-electron chi connectivity index (χ1n) is 8.13. The Kier molecular flexibility index (Phi) is 6.02. The summed E-state index contributed by atoms with van der Waals surface area (Å²) in [6, 6.07) is 11.0. The van der Waals surface area contributed by atoms with E-state index in [2.05, 4.69) is 15.5 Å². The second-order valence-corrected chi connectivity index (χ2v) is 8.92. The van der Waals surface area contributed by atoms with Crippen molar-refractivity contribution in [2.24, 2.45) is 0 Å². The Bertz CT molecular complexity index is 1110.